The maximum absolute atomic E-state index is 14.0. The molecule has 0 amide bonds. The van der Waals surface area contributed by atoms with Crippen molar-refractivity contribution in [3.8, 4) is 11.5 Å². The monoisotopic (exact) mass is 357 g/mol. The molecule has 0 fully saturated rings. The van der Waals surface area contributed by atoms with Gasteiger partial charge in [-0.05, 0) is 33.6 Å². The van der Waals surface area contributed by atoms with Crippen LogP contribution in [0.3, 0.4) is 0 Å². The fourth-order valence-electron chi connectivity index (χ4n) is 2.02. The Balaban J connectivity index is 2.44. The average molecular weight is 358 g/mol. The first-order valence-electron chi connectivity index (χ1n) is 6.10. The van der Waals surface area contributed by atoms with E-state index < -0.39 is 17.7 Å². The van der Waals surface area contributed by atoms with E-state index in [2.05, 4.69) is 15.9 Å². The molecule has 0 aliphatic rings. The molecule has 1 atom stereocenters. The van der Waals surface area contributed by atoms with Gasteiger partial charge < -0.3 is 15.2 Å². The van der Waals surface area contributed by atoms with Crippen LogP contribution in [0.15, 0.2) is 34.8 Å². The molecule has 3 nitrogen and oxygen atoms in total. The zero-order valence-electron chi connectivity index (χ0n) is 11.5. The highest BCUT2D eigenvalue weighted by Crippen LogP contribution is 2.32. The number of ether oxygens (including phenoxy) is 2. The van der Waals surface area contributed by atoms with Gasteiger partial charge >= 0.3 is 0 Å². The van der Waals surface area contributed by atoms with E-state index in [0.717, 1.165) is 12.1 Å². The van der Waals surface area contributed by atoms with Gasteiger partial charge in [0.05, 0.1) is 24.7 Å². The topological polar surface area (TPSA) is 44.5 Å². The fourth-order valence-corrected chi connectivity index (χ4v) is 2.58. The minimum Gasteiger partial charge on any atom is -0.497 e. The molecule has 0 saturated carbocycles. The number of halogens is 3. The number of hydrogen-bond donors (Lipinski definition) is 1. The van der Waals surface area contributed by atoms with Crippen LogP contribution in [0.5, 0.6) is 11.5 Å². The van der Waals surface area contributed by atoms with Crippen molar-refractivity contribution in [3.05, 3.63) is 57.6 Å². The summed E-state index contributed by atoms with van der Waals surface area (Å²) in [6.45, 7) is 0. The molecule has 2 rings (SSSR count). The molecule has 1 unspecified atom stereocenters. The molecule has 0 aliphatic carbocycles. The Kier molecular flexibility index (Phi) is 4.80. The van der Waals surface area contributed by atoms with Crippen LogP contribution in [0.4, 0.5) is 8.78 Å². The van der Waals surface area contributed by atoms with Crippen molar-refractivity contribution >= 4 is 15.9 Å². The number of nitrogens with two attached hydrogens (primary N) is 1. The summed E-state index contributed by atoms with van der Waals surface area (Å²) in [5, 5.41) is 0. The summed E-state index contributed by atoms with van der Waals surface area (Å²) in [6.07, 6.45) is 0. The first kappa shape index (κ1) is 15.7. The summed E-state index contributed by atoms with van der Waals surface area (Å²) in [6, 6.07) is 6.30. The maximum Gasteiger partial charge on any atom is 0.134 e. The van der Waals surface area contributed by atoms with Crippen molar-refractivity contribution < 1.29 is 18.3 Å². The third kappa shape index (κ3) is 3.16. The second-order valence-corrected chi connectivity index (χ2v) is 5.23. The highest BCUT2D eigenvalue weighted by Gasteiger charge is 2.20. The molecule has 21 heavy (non-hydrogen) atoms. The van der Waals surface area contributed by atoms with Gasteiger partial charge in [-0.25, -0.2) is 8.78 Å². The molecular formula is C15H14BrF2NO2. The Morgan fingerprint density at radius 2 is 1.67 bits per heavy atom. The van der Waals surface area contributed by atoms with Gasteiger partial charge in [-0.1, -0.05) is 6.07 Å². The molecular weight excluding hydrogens is 344 g/mol. The van der Waals surface area contributed by atoms with Crippen molar-refractivity contribution in [2.24, 2.45) is 5.73 Å². The van der Waals surface area contributed by atoms with Crippen LogP contribution >= 0.6 is 15.9 Å². The van der Waals surface area contributed by atoms with E-state index in [0.29, 0.717) is 15.8 Å². The average Bonchev–Trinajstić information content (AvgIpc) is 2.46. The Morgan fingerprint density at radius 1 is 1.05 bits per heavy atom. The number of benzene rings is 2. The molecule has 6 heteroatoms. The maximum atomic E-state index is 14.0. The normalized spacial score (nSPS) is 12.1. The van der Waals surface area contributed by atoms with Gasteiger partial charge in [0.2, 0.25) is 0 Å². The van der Waals surface area contributed by atoms with Gasteiger partial charge in [0.25, 0.3) is 0 Å². The Hall–Kier alpha value is -1.66. The lowest BCUT2D eigenvalue weighted by molar-refractivity contribution is 0.404. The molecule has 0 bridgehead atoms. The number of rotatable bonds is 4. The lowest BCUT2D eigenvalue weighted by Gasteiger charge is -2.16. The van der Waals surface area contributed by atoms with Crippen LogP contribution in [0, 0.1) is 11.6 Å². The van der Waals surface area contributed by atoms with E-state index in [1.54, 1.807) is 18.2 Å². The molecule has 112 valence electrons. The molecule has 2 N–H and O–H groups in total. The van der Waals surface area contributed by atoms with Crippen molar-refractivity contribution in [2.75, 3.05) is 14.2 Å². The van der Waals surface area contributed by atoms with Gasteiger partial charge in [-0.15, -0.1) is 0 Å². The highest BCUT2D eigenvalue weighted by atomic mass is 79.9. The second kappa shape index (κ2) is 6.41. The van der Waals surface area contributed by atoms with Crippen LogP contribution in [0.1, 0.15) is 17.2 Å². The van der Waals surface area contributed by atoms with Crippen LogP contribution in [0.25, 0.3) is 0 Å². The predicted molar refractivity (Wildman–Crippen MR) is 79.6 cm³/mol. The summed E-state index contributed by atoms with van der Waals surface area (Å²) in [5.74, 6) is -0.768. The molecule has 2 aromatic rings. The zero-order chi connectivity index (χ0) is 15.6. The van der Waals surface area contributed by atoms with Crippen molar-refractivity contribution in [2.45, 2.75) is 6.04 Å². The van der Waals surface area contributed by atoms with Gasteiger partial charge in [-0.3, -0.25) is 0 Å². The second-order valence-electron chi connectivity index (χ2n) is 4.38. The third-order valence-electron chi connectivity index (χ3n) is 3.13. The first-order chi connectivity index (χ1) is 9.97. The summed E-state index contributed by atoms with van der Waals surface area (Å²) in [4.78, 5) is 0. The van der Waals surface area contributed by atoms with E-state index in [9.17, 15) is 8.78 Å². The Labute approximate surface area is 129 Å². The van der Waals surface area contributed by atoms with Crippen molar-refractivity contribution in [1.29, 1.82) is 0 Å². The SMILES string of the molecule is COc1cc(F)c(C(N)c2ccc(OC)c(Br)c2)c(F)c1. The quantitative estimate of drug-likeness (QED) is 0.905. The summed E-state index contributed by atoms with van der Waals surface area (Å²) < 4.78 is 38.7. The van der Waals surface area contributed by atoms with Crippen LogP contribution in [-0.2, 0) is 0 Å². The molecule has 0 spiro atoms. The van der Waals surface area contributed by atoms with Crippen LogP contribution < -0.4 is 15.2 Å². The zero-order valence-corrected chi connectivity index (χ0v) is 13.1. The largest absolute Gasteiger partial charge is 0.497 e. The lowest BCUT2D eigenvalue weighted by atomic mass is 9.98. The summed E-state index contributed by atoms with van der Waals surface area (Å²) in [7, 11) is 2.87. The number of methoxy groups -OCH3 is 2. The molecule has 0 heterocycles. The van der Waals surface area contributed by atoms with E-state index in [-0.39, 0.29) is 11.3 Å². The highest BCUT2D eigenvalue weighted by molar-refractivity contribution is 9.10. The van der Waals surface area contributed by atoms with E-state index in [1.807, 2.05) is 0 Å². The minimum atomic E-state index is -0.932. The first-order valence-corrected chi connectivity index (χ1v) is 6.89. The molecule has 0 radical (unpaired) electrons. The minimum absolute atomic E-state index is 0.108. The predicted octanol–water partition coefficient (Wildman–Crippen LogP) is 3.79. The van der Waals surface area contributed by atoms with Crippen molar-refractivity contribution in [3.63, 3.8) is 0 Å². The Morgan fingerprint density at radius 3 is 2.14 bits per heavy atom. The molecule has 0 saturated heterocycles. The van der Waals surface area contributed by atoms with E-state index >= 15 is 0 Å². The third-order valence-corrected chi connectivity index (χ3v) is 3.75. The Bertz CT molecular complexity index is 641. The lowest BCUT2D eigenvalue weighted by Crippen LogP contribution is -2.16. The van der Waals surface area contributed by atoms with E-state index in [4.69, 9.17) is 15.2 Å². The van der Waals surface area contributed by atoms with Crippen LogP contribution in [-0.4, -0.2) is 14.2 Å². The fraction of sp³-hybridized carbons (Fsp3) is 0.200. The van der Waals surface area contributed by atoms with Gasteiger partial charge in [-0.2, -0.15) is 0 Å². The smallest absolute Gasteiger partial charge is 0.134 e. The van der Waals surface area contributed by atoms with Gasteiger partial charge in [0.1, 0.15) is 23.1 Å². The van der Waals surface area contributed by atoms with E-state index in [1.165, 1.54) is 14.2 Å². The standard InChI is InChI=1S/C15H14BrF2NO2/c1-20-9-6-11(17)14(12(18)7-9)15(19)8-3-4-13(21-2)10(16)5-8/h3-7,15H,19H2,1-2H3. The summed E-state index contributed by atoms with van der Waals surface area (Å²) in [5.41, 5.74) is 6.35. The van der Waals surface area contributed by atoms with Gasteiger partial charge in [0, 0.05) is 17.7 Å². The molecule has 0 aliphatic heterocycles. The molecule has 0 aromatic heterocycles. The molecule has 2 aromatic carbocycles. The number of hydrogen-bond acceptors (Lipinski definition) is 3. The summed E-state index contributed by atoms with van der Waals surface area (Å²) >= 11 is 3.32. The van der Waals surface area contributed by atoms with Crippen molar-refractivity contribution in [1.82, 2.24) is 0 Å². The van der Waals surface area contributed by atoms with Crippen LogP contribution in [0.2, 0.25) is 0 Å². The van der Waals surface area contributed by atoms with Gasteiger partial charge in [0.15, 0.2) is 0 Å².